The van der Waals surface area contributed by atoms with Crippen molar-refractivity contribution in [3.05, 3.63) is 69.0 Å². The molecule has 2 rings (SSSR count). The zero-order valence-electron chi connectivity index (χ0n) is 10.5. The van der Waals surface area contributed by atoms with Crippen LogP contribution in [0.25, 0.3) is 0 Å². The lowest BCUT2D eigenvalue weighted by Gasteiger charge is -2.17. The van der Waals surface area contributed by atoms with E-state index in [9.17, 15) is 14.3 Å². The van der Waals surface area contributed by atoms with Gasteiger partial charge in [-0.2, -0.15) is 0 Å². The van der Waals surface area contributed by atoms with Gasteiger partial charge < -0.3 is 10.4 Å². The van der Waals surface area contributed by atoms with Gasteiger partial charge in [-0.3, -0.25) is 4.79 Å². The Morgan fingerprint density at radius 1 is 1.25 bits per heavy atom. The van der Waals surface area contributed by atoms with Gasteiger partial charge in [-0.1, -0.05) is 30.3 Å². The first-order chi connectivity index (χ1) is 9.61. The summed E-state index contributed by atoms with van der Waals surface area (Å²) in [6.07, 6.45) is 0. The Balaban J connectivity index is 2.17. The number of hydrogen-bond acceptors (Lipinski definition) is 2. The largest absolute Gasteiger partial charge is 0.394 e. The van der Waals surface area contributed by atoms with Crippen LogP contribution in [-0.2, 0) is 0 Å². The van der Waals surface area contributed by atoms with Crippen LogP contribution in [0.5, 0.6) is 0 Å². The van der Waals surface area contributed by atoms with E-state index < -0.39 is 6.04 Å². The van der Waals surface area contributed by atoms with E-state index in [1.165, 1.54) is 18.2 Å². The van der Waals surface area contributed by atoms with E-state index in [2.05, 4.69) is 5.32 Å². The molecule has 3 nitrogen and oxygen atoms in total. The van der Waals surface area contributed by atoms with Crippen molar-refractivity contribution in [2.24, 2.45) is 0 Å². The number of halogens is 2. The van der Waals surface area contributed by atoms with E-state index in [0.717, 1.165) is 5.56 Å². The first-order valence-electron chi connectivity index (χ1n) is 6.03. The van der Waals surface area contributed by atoms with Crippen molar-refractivity contribution < 1.29 is 14.3 Å². The average molecular weight is 385 g/mol. The second kappa shape index (κ2) is 6.81. The smallest absolute Gasteiger partial charge is 0.252 e. The van der Waals surface area contributed by atoms with E-state index in [-0.39, 0.29) is 18.3 Å². The van der Waals surface area contributed by atoms with Crippen molar-refractivity contribution in [1.82, 2.24) is 5.32 Å². The molecule has 104 valence electrons. The Hall–Kier alpha value is -1.47. The van der Waals surface area contributed by atoms with Crippen LogP contribution in [0.2, 0.25) is 0 Å². The lowest BCUT2D eigenvalue weighted by Crippen LogP contribution is -2.31. The molecule has 0 fully saturated rings. The van der Waals surface area contributed by atoms with Gasteiger partial charge in [-0.05, 0) is 46.4 Å². The van der Waals surface area contributed by atoms with Gasteiger partial charge in [-0.15, -0.1) is 0 Å². The Kier molecular flexibility index (Phi) is 5.08. The Labute approximate surface area is 130 Å². The number of aliphatic hydroxyl groups excluding tert-OH is 1. The molecule has 1 atom stereocenters. The first kappa shape index (κ1) is 14.9. The Morgan fingerprint density at radius 3 is 2.55 bits per heavy atom. The third kappa shape index (κ3) is 3.55. The normalized spacial score (nSPS) is 11.9. The summed E-state index contributed by atoms with van der Waals surface area (Å²) >= 11 is 1.91. The highest BCUT2D eigenvalue weighted by Gasteiger charge is 2.16. The molecule has 5 heteroatoms. The molecular weight excluding hydrogens is 372 g/mol. The predicted octanol–water partition coefficient (Wildman–Crippen LogP) is 2.89. The number of carbonyl (C=O) groups is 1. The molecule has 1 unspecified atom stereocenters. The summed E-state index contributed by atoms with van der Waals surface area (Å²) in [7, 11) is 0. The molecule has 1 amide bonds. The summed E-state index contributed by atoms with van der Waals surface area (Å²) in [4.78, 5) is 12.2. The minimum Gasteiger partial charge on any atom is -0.394 e. The fraction of sp³-hybridized carbons (Fsp3) is 0.133. The van der Waals surface area contributed by atoms with Crippen molar-refractivity contribution in [2.75, 3.05) is 6.61 Å². The molecule has 0 spiro atoms. The number of nitrogens with one attached hydrogen (secondary N) is 1. The minimum atomic E-state index is -0.482. The molecule has 2 aromatic carbocycles. The van der Waals surface area contributed by atoms with Crippen molar-refractivity contribution in [3.63, 3.8) is 0 Å². The van der Waals surface area contributed by atoms with E-state index in [0.29, 0.717) is 9.13 Å². The van der Waals surface area contributed by atoms with E-state index in [4.69, 9.17) is 0 Å². The van der Waals surface area contributed by atoms with Crippen LogP contribution < -0.4 is 5.32 Å². The van der Waals surface area contributed by atoms with Gasteiger partial charge in [0.15, 0.2) is 0 Å². The highest BCUT2D eigenvalue weighted by Crippen LogP contribution is 2.17. The number of aliphatic hydroxyl groups is 1. The average Bonchev–Trinajstić information content (AvgIpc) is 2.45. The predicted molar refractivity (Wildman–Crippen MR) is 82.9 cm³/mol. The maximum atomic E-state index is 13.0. The van der Waals surface area contributed by atoms with E-state index in [1.54, 1.807) is 0 Å². The highest BCUT2D eigenvalue weighted by molar-refractivity contribution is 14.1. The lowest BCUT2D eigenvalue weighted by atomic mass is 10.1. The van der Waals surface area contributed by atoms with Crippen LogP contribution in [0.4, 0.5) is 4.39 Å². The zero-order chi connectivity index (χ0) is 14.5. The second-order valence-electron chi connectivity index (χ2n) is 4.24. The van der Waals surface area contributed by atoms with Gasteiger partial charge in [0.2, 0.25) is 0 Å². The molecule has 0 saturated carbocycles. The Bertz CT molecular complexity index is 604. The van der Waals surface area contributed by atoms with Gasteiger partial charge in [0.05, 0.1) is 18.2 Å². The van der Waals surface area contributed by atoms with Crippen LogP contribution in [0, 0.1) is 9.39 Å². The summed E-state index contributed by atoms with van der Waals surface area (Å²) in [5.41, 5.74) is 1.21. The van der Waals surface area contributed by atoms with Crippen LogP contribution in [0.3, 0.4) is 0 Å². The standard InChI is InChI=1S/C15H13FINO2/c16-11-6-7-12(13(17)8-11)15(20)18-14(9-19)10-4-2-1-3-5-10/h1-8,14,19H,9H2,(H,18,20). The molecule has 2 aromatic rings. The lowest BCUT2D eigenvalue weighted by molar-refractivity contribution is 0.0915. The molecule has 0 aliphatic heterocycles. The number of benzene rings is 2. The molecule has 0 heterocycles. The Morgan fingerprint density at radius 2 is 1.95 bits per heavy atom. The maximum absolute atomic E-state index is 13.0. The van der Waals surface area contributed by atoms with Crippen molar-refractivity contribution >= 4 is 28.5 Å². The fourth-order valence-electron chi connectivity index (χ4n) is 1.83. The summed E-state index contributed by atoms with van der Waals surface area (Å²) < 4.78 is 13.6. The van der Waals surface area contributed by atoms with E-state index in [1.807, 2.05) is 52.9 Å². The van der Waals surface area contributed by atoms with Crippen molar-refractivity contribution in [2.45, 2.75) is 6.04 Å². The highest BCUT2D eigenvalue weighted by atomic mass is 127. The van der Waals surface area contributed by atoms with Crippen LogP contribution in [-0.4, -0.2) is 17.6 Å². The third-order valence-electron chi connectivity index (χ3n) is 2.87. The maximum Gasteiger partial charge on any atom is 0.252 e. The van der Waals surface area contributed by atoms with Crippen LogP contribution >= 0.6 is 22.6 Å². The molecule has 20 heavy (non-hydrogen) atoms. The van der Waals surface area contributed by atoms with Gasteiger partial charge in [-0.25, -0.2) is 4.39 Å². The van der Waals surface area contributed by atoms with Crippen LogP contribution in [0.15, 0.2) is 48.5 Å². The van der Waals surface area contributed by atoms with Gasteiger partial charge in [0.25, 0.3) is 5.91 Å². The molecule has 0 aliphatic rings. The van der Waals surface area contributed by atoms with Crippen molar-refractivity contribution in [1.29, 1.82) is 0 Å². The van der Waals surface area contributed by atoms with Gasteiger partial charge in [0, 0.05) is 3.57 Å². The molecule has 2 N–H and O–H groups in total. The quantitative estimate of drug-likeness (QED) is 0.796. The molecule has 0 radical (unpaired) electrons. The number of hydrogen-bond donors (Lipinski definition) is 2. The number of amides is 1. The second-order valence-corrected chi connectivity index (χ2v) is 5.41. The van der Waals surface area contributed by atoms with Crippen LogP contribution in [0.1, 0.15) is 22.0 Å². The number of carbonyl (C=O) groups excluding carboxylic acids is 1. The number of rotatable bonds is 4. The molecule has 0 saturated heterocycles. The monoisotopic (exact) mass is 385 g/mol. The summed E-state index contributed by atoms with van der Waals surface area (Å²) in [5.74, 6) is -0.718. The summed E-state index contributed by atoms with van der Waals surface area (Å²) in [6.45, 7) is -0.201. The molecule has 0 aliphatic carbocycles. The fourth-order valence-corrected chi connectivity index (χ4v) is 2.55. The third-order valence-corrected chi connectivity index (χ3v) is 3.76. The van der Waals surface area contributed by atoms with Gasteiger partial charge >= 0.3 is 0 Å². The topological polar surface area (TPSA) is 49.3 Å². The first-order valence-corrected chi connectivity index (χ1v) is 7.11. The summed E-state index contributed by atoms with van der Waals surface area (Å²) in [6, 6.07) is 12.7. The minimum absolute atomic E-state index is 0.201. The zero-order valence-corrected chi connectivity index (χ0v) is 12.7. The SMILES string of the molecule is O=C(NC(CO)c1ccccc1)c1ccc(F)cc1I. The van der Waals surface area contributed by atoms with Gasteiger partial charge in [0.1, 0.15) is 5.82 Å². The van der Waals surface area contributed by atoms with E-state index >= 15 is 0 Å². The molecule has 0 bridgehead atoms. The summed E-state index contributed by atoms with van der Waals surface area (Å²) in [5, 5.41) is 12.2. The molecule has 0 aromatic heterocycles. The van der Waals surface area contributed by atoms with Crippen molar-refractivity contribution in [3.8, 4) is 0 Å². The molecular formula is C15H13FINO2.